The van der Waals surface area contributed by atoms with Crippen LogP contribution in [0.25, 0.3) is 5.52 Å². The molecule has 2 rings (SSSR count). The topological polar surface area (TPSA) is 56.2 Å². The van der Waals surface area contributed by atoms with Crippen LogP contribution in [-0.2, 0) is 0 Å². The third kappa shape index (κ3) is 0.621. The van der Waals surface area contributed by atoms with Crippen LogP contribution in [0.5, 0.6) is 0 Å². The Balaban J connectivity index is 2.86. The normalized spacial score (nSPS) is 10.4. The number of hydrogen-bond donors (Lipinski definition) is 1. The lowest BCUT2D eigenvalue weighted by Crippen LogP contribution is -1.89. The Hall–Kier alpha value is -1.58. The molecule has 4 heteroatoms. The van der Waals surface area contributed by atoms with Gasteiger partial charge in [0.15, 0.2) is 0 Å². The number of nitrogen functional groups attached to an aromatic ring is 1. The van der Waals surface area contributed by atoms with Crippen LogP contribution < -0.4 is 5.73 Å². The second-order valence-electron chi connectivity index (χ2n) is 2.06. The average molecular weight is 134 g/mol. The lowest BCUT2D eigenvalue weighted by Gasteiger charge is -1.91. The van der Waals surface area contributed by atoms with E-state index in [9.17, 15) is 0 Å². The molecule has 4 nitrogen and oxygen atoms in total. The quantitative estimate of drug-likeness (QED) is 0.564. The summed E-state index contributed by atoms with van der Waals surface area (Å²) in [6.07, 6.45) is 3.44. The monoisotopic (exact) mass is 134 g/mol. The summed E-state index contributed by atoms with van der Waals surface area (Å²) >= 11 is 0. The number of fused-ring (bicyclic) bond motifs is 1. The average Bonchev–Trinajstić information content (AvgIpc) is 2.33. The molecule has 50 valence electrons. The summed E-state index contributed by atoms with van der Waals surface area (Å²) in [6.45, 7) is 0. The van der Waals surface area contributed by atoms with Crippen molar-refractivity contribution in [1.29, 1.82) is 0 Å². The van der Waals surface area contributed by atoms with Gasteiger partial charge in [-0.05, 0) is 12.1 Å². The number of aromatic nitrogens is 3. The van der Waals surface area contributed by atoms with E-state index in [1.54, 1.807) is 23.0 Å². The van der Waals surface area contributed by atoms with Gasteiger partial charge < -0.3 is 5.73 Å². The Morgan fingerprint density at radius 1 is 1.50 bits per heavy atom. The molecule has 2 aromatic heterocycles. The SMILES string of the molecule is Nc1ccn2nncc2c1. The fourth-order valence-electron chi connectivity index (χ4n) is 0.846. The number of hydrogen-bond acceptors (Lipinski definition) is 3. The molecule has 2 heterocycles. The minimum atomic E-state index is 0.731. The molecule has 0 bridgehead atoms. The predicted molar refractivity (Wildman–Crippen MR) is 37.4 cm³/mol. The molecule has 10 heavy (non-hydrogen) atoms. The molecular formula is C6H6N4. The van der Waals surface area contributed by atoms with Crippen LogP contribution in [0.4, 0.5) is 5.69 Å². The molecule has 0 fully saturated rings. The molecule has 0 saturated heterocycles. The zero-order valence-electron chi connectivity index (χ0n) is 5.23. The van der Waals surface area contributed by atoms with Crippen molar-refractivity contribution >= 4 is 11.2 Å². The first kappa shape index (κ1) is 5.22. The fraction of sp³-hybridized carbons (Fsp3) is 0. The number of anilines is 1. The Kier molecular flexibility index (Phi) is 0.887. The largest absolute Gasteiger partial charge is 0.399 e. The first-order valence-corrected chi connectivity index (χ1v) is 2.92. The van der Waals surface area contributed by atoms with Crippen LogP contribution in [-0.4, -0.2) is 14.8 Å². The first-order valence-electron chi connectivity index (χ1n) is 2.92. The van der Waals surface area contributed by atoms with E-state index in [-0.39, 0.29) is 0 Å². The molecule has 0 radical (unpaired) electrons. The van der Waals surface area contributed by atoms with Crippen molar-refractivity contribution in [2.45, 2.75) is 0 Å². The third-order valence-electron chi connectivity index (χ3n) is 1.33. The zero-order valence-corrected chi connectivity index (χ0v) is 5.23. The smallest absolute Gasteiger partial charge is 0.0885 e. The maximum atomic E-state index is 5.51. The van der Waals surface area contributed by atoms with Crippen molar-refractivity contribution in [1.82, 2.24) is 14.8 Å². The fourth-order valence-corrected chi connectivity index (χ4v) is 0.846. The van der Waals surface area contributed by atoms with Gasteiger partial charge in [-0.1, -0.05) is 5.21 Å². The highest BCUT2D eigenvalue weighted by Crippen LogP contribution is 2.04. The van der Waals surface area contributed by atoms with E-state index < -0.39 is 0 Å². The maximum Gasteiger partial charge on any atom is 0.0885 e. The molecule has 0 aromatic carbocycles. The summed E-state index contributed by atoms with van der Waals surface area (Å²) in [7, 11) is 0. The van der Waals surface area contributed by atoms with E-state index in [2.05, 4.69) is 10.3 Å². The van der Waals surface area contributed by atoms with Crippen molar-refractivity contribution < 1.29 is 0 Å². The Morgan fingerprint density at radius 3 is 3.30 bits per heavy atom. The maximum absolute atomic E-state index is 5.51. The zero-order chi connectivity index (χ0) is 6.97. The standard InChI is InChI=1S/C6H6N4/c7-5-1-2-10-6(3-5)4-8-9-10/h1-4H,7H2. The first-order chi connectivity index (χ1) is 4.86. The molecule has 0 aliphatic carbocycles. The predicted octanol–water partition coefficient (Wildman–Crippen LogP) is 0.311. The lowest BCUT2D eigenvalue weighted by atomic mass is 10.4. The van der Waals surface area contributed by atoms with Gasteiger partial charge >= 0.3 is 0 Å². The van der Waals surface area contributed by atoms with Crippen LogP contribution in [0.15, 0.2) is 24.5 Å². The lowest BCUT2D eigenvalue weighted by molar-refractivity contribution is 0.856. The number of rotatable bonds is 0. The van der Waals surface area contributed by atoms with E-state index in [1.807, 2.05) is 6.07 Å². The highest BCUT2D eigenvalue weighted by Gasteiger charge is 1.91. The van der Waals surface area contributed by atoms with Gasteiger partial charge in [-0.15, -0.1) is 5.10 Å². The van der Waals surface area contributed by atoms with Crippen LogP contribution in [0, 0.1) is 0 Å². The molecule has 2 aromatic rings. The summed E-state index contributed by atoms with van der Waals surface area (Å²) in [6, 6.07) is 3.60. The summed E-state index contributed by atoms with van der Waals surface area (Å²) in [4.78, 5) is 0. The van der Waals surface area contributed by atoms with Crippen LogP contribution >= 0.6 is 0 Å². The summed E-state index contributed by atoms with van der Waals surface area (Å²) in [5, 5.41) is 7.47. The van der Waals surface area contributed by atoms with Gasteiger partial charge in [0.05, 0.1) is 11.7 Å². The van der Waals surface area contributed by atoms with E-state index in [0.717, 1.165) is 11.2 Å². The van der Waals surface area contributed by atoms with Crippen molar-refractivity contribution in [3.63, 3.8) is 0 Å². The second-order valence-corrected chi connectivity index (χ2v) is 2.06. The minimum absolute atomic E-state index is 0.731. The molecule has 0 aliphatic rings. The molecule has 0 amide bonds. The minimum Gasteiger partial charge on any atom is -0.399 e. The Morgan fingerprint density at radius 2 is 2.40 bits per heavy atom. The number of nitrogens with two attached hydrogens (primary N) is 1. The van der Waals surface area contributed by atoms with Gasteiger partial charge in [0.25, 0.3) is 0 Å². The summed E-state index contributed by atoms with van der Waals surface area (Å²) < 4.78 is 1.66. The van der Waals surface area contributed by atoms with Gasteiger partial charge in [0, 0.05) is 11.9 Å². The van der Waals surface area contributed by atoms with Crippen molar-refractivity contribution in [3.8, 4) is 0 Å². The van der Waals surface area contributed by atoms with Crippen molar-refractivity contribution in [2.24, 2.45) is 0 Å². The molecule has 0 spiro atoms. The van der Waals surface area contributed by atoms with Crippen LogP contribution in [0.1, 0.15) is 0 Å². The van der Waals surface area contributed by atoms with Gasteiger partial charge in [0.2, 0.25) is 0 Å². The number of pyridine rings is 1. The van der Waals surface area contributed by atoms with Crippen LogP contribution in [0.3, 0.4) is 0 Å². The van der Waals surface area contributed by atoms with Crippen molar-refractivity contribution in [2.75, 3.05) is 5.73 Å². The van der Waals surface area contributed by atoms with Gasteiger partial charge in [-0.2, -0.15) is 0 Å². The Labute approximate surface area is 57.3 Å². The van der Waals surface area contributed by atoms with E-state index in [4.69, 9.17) is 5.73 Å². The second kappa shape index (κ2) is 1.70. The summed E-state index contributed by atoms with van der Waals surface area (Å²) in [5.41, 5.74) is 7.16. The number of nitrogens with zero attached hydrogens (tertiary/aromatic N) is 3. The van der Waals surface area contributed by atoms with Gasteiger partial charge in [0.1, 0.15) is 0 Å². The highest BCUT2D eigenvalue weighted by atomic mass is 15.4. The molecule has 0 unspecified atom stereocenters. The van der Waals surface area contributed by atoms with Crippen LogP contribution in [0.2, 0.25) is 0 Å². The molecule has 2 N–H and O–H groups in total. The molecule has 0 aliphatic heterocycles. The summed E-state index contributed by atoms with van der Waals surface area (Å²) in [5.74, 6) is 0. The van der Waals surface area contributed by atoms with E-state index >= 15 is 0 Å². The molecule has 0 saturated carbocycles. The Bertz CT molecular complexity index is 351. The van der Waals surface area contributed by atoms with Gasteiger partial charge in [-0.25, -0.2) is 4.52 Å². The third-order valence-corrected chi connectivity index (χ3v) is 1.33. The highest BCUT2D eigenvalue weighted by molar-refractivity contribution is 5.53. The molecular weight excluding hydrogens is 128 g/mol. The van der Waals surface area contributed by atoms with E-state index in [1.165, 1.54) is 0 Å². The van der Waals surface area contributed by atoms with Crippen molar-refractivity contribution in [3.05, 3.63) is 24.5 Å². The van der Waals surface area contributed by atoms with Gasteiger partial charge in [-0.3, -0.25) is 0 Å². The molecule has 0 atom stereocenters. The van der Waals surface area contributed by atoms with E-state index in [0.29, 0.717) is 0 Å².